The van der Waals surface area contributed by atoms with Crippen LogP contribution in [0.5, 0.6) is 11.5 Å². The third kappa shape index (κ3) is 38.1. The number of hydrogen-bond donors (Lipinski definition) is 26. The van der Waals surface area contributed by atoms with Crippen LogP contribution in [0.4, 0.5) is 5.69 Å². The van der Waals surface area contributed by atoms with Crippen molar-refractivity contribution in [2.75, 3.05) is 25.4 Å². The van der Waals surface area contributed by atoms with Crippen LogP contribution in [0.3, 0.4) is 0 Å². The fourth-order valence-corrected chi connectivity index (χ4v) is 12.8. The summed E-state index contributed by atoms with van der Waals surface area (Å²) < 4.78 is 0. The topological polar surface area (TPSA) is 787 Å². The van der Waals surface area contributed by atoms with Crippen LogP contribution in [0.2, 0.25) is 5.02 Å². The number of primary amides is 3. The second kappa shape index (κ2) is 52.0. The van der Waals surface area contributed by atoms with E-state index in [9.17, 15) is 87.2 Å². The molecule has 0 aliphatic carbocycles. The molecular weight excluding hydrogens is 1650 g/mol. The molecule has 13 atom stereocenters. The van der Waals surface area contributed by atoms with Gasteiger partial charge in [-0.05, 0) is 136 Å². The first-order valence-electron chi connectivity index (χ1n) is 40.2. The van der Waals surface area contributed by atoms with Gasteiger partial charge in [-0.3, -0.25) is 86.9 Å². The third-order valence-electron chi connectivity index (χ3n) is 19.0. The standard InChI is InChI=1S/C79H120ClN27O18/c1-38(2)29-55(101-71(120)57(32-43-16-21-47(110)22-17-43)103-72(121)58(34-45-36-91-37-95-45)104-68(117)50(11-8-26-92-77(85)86)96-65(114)48-23-18-44(81)33-49(48)80)70(119)105-59(35-61(83)112)73(122)102-56(30-39(3)4)74(123)106-62(40(5)6)75(124)107-63(41(7)108)76(125)99-52(13-10-28-94-79(89)90)66(115)98-53(24-25-60(82)111)69(118)97-51(12-9-27-93-78(87)88)67(116)100-54(64(84)113)31-42-14-19-46(109)20-15-42/h14-23,33,36-41,50-59,62-63,108-110H,8-13,24-32,34-35,81H2,1-7H3,(H2,82,111)(H2,83,112)(H2,84,113)(H,91,95)(H,96,114)(H,97,118)(H,98,115)(H,99,125)(H,100,116)(H,101,120)(H,102,122)(H,103,121)(H,104,117)(H,105,119)(H,106,123)(H,107,124)(H4,85,86,92)(H4,87,88,93)(H4,89,90,94)/t41-,50+,51+,52+,53+,54+,55+,56+,57+,58+,59+,62+,63+/m1/s1. The molecule has 0 aliphatic rings. The number of nitrogen functional groups attached to an aromatic ring is 1. The molecule has 125 heavy (non-hydrogen) atoms. The van der Waals surface area contributed by atoms with Gasteiger partial charge in [-0.15, -0.1) is 0 Å². The largest absolute Gasteiger partial charge is 0.508 e. The number of aliphatic hydroxyl groups is 1. The summed E-state index contributed by atoms with van der Waals surface area (Å²) in [6, 6.07) is -4.02. The van der Waals surface area contributed by atoms with E-state index < -0.39 is 204 Å². The summed E-state index contributed by atoms with van der Waals surface area (Å²) >= 11 is 6.37. The highest BCUT2D eigenvalue weighted by atomic mass is 35.5. The van der Waals surface area contributed by atoms with Crippen LogP contribution in [0, 0.1) is 17.8 Å². The molecule has 3 aromatic carbocycles. The molecule has 15 amide bonds. The minimum atomic E-state index is -1.94. The number of amides is 15. The van der Waals surface area contributed by atoms with Gasteiger partial charge in [0.25, 0.3) is 5.91 Å². The Labute approximate surface area is 726 Å². The van der Waals surface area contributed by atoms with Crippen LogP contribution in [0.15, 0.2) is 94.2 Å². The van der Waals surface area contributed by atoms with Gasteiger partial charge in [0.05, 0.1) is 29.4 Å². The van der Waals surface area contributed by atoms with Crippen molar-refractivity contribution < 1.29 is 87.2 Å². The second-order valence-corrected chi connectivity index (χ2v) is 31.4. The maximum absolute atomic E-state index is 14.9. The van der Waals surface area contributed by atoms with Crippen LogP contribution in [0.1, 0.15) is 146 Å². The molecular formula is C79H120ClN27O18. The number of hydrogen-bond acceptors (Lipinski definition) is 23. The van der Waals surface area contributed by atoms with Gasteiger partial charge in [-0.1, -0.05) is 77.4 Å². The zero-order valence-electron chi connectivity index (χ0n) is 70.7. The average molecular weight is 1770 g/mol. The van der Waals surface area contributed by atoms with Gasteiger partial charge in [0.2, 0.25) is 82.7 Å². The van der Waals surface area contributed by atoms with E-state index in [-0.39, 0.29) is 136 Å². The summed E-state index contributed by atoms with van der Waals surface area (Å²) in [4.78, 5) is 230. The number of carbonyl (C=O) groups excluding carboxylic acids is 15. The lowest BCUT2D eigenvalue weighted by Gasteiger charge is -2.30. The van der Waals surface area contributed by atoms with E-state index in [0.29, 0.717) is 16.8 Å². The van der Waals surface area contributed by atoms with E-state index >= 15 is 0 Å². The van der Waals surface area contributed by atoms with Crippen molar-refractivity contribution in [2.45, 2.75) is 217 Å². The fraction of sp³-hybridized carbons (Fsp3) is 0.506. The lowest BCUT2D eigenvalue weighted by Crippen LogP contribution is -2.63. The zero-order valence-corrected chi connectivity index (χ0v) is 71.4. The number of aromatic nitrogens is 2. The number of guanidine groups is 3. The van der Waals surface area contributed by atoms with Crippen LogP contribution >= 0.6 is 11.6 Å². The van der Waals surface area contributed by atoms with Gasteiger partial charge >= 0.3 is 0 Å². The maximum Gasteiger partial charge on any atom is 0.253 e. The molecule has 4 rings (SSSR count). The zero-order chi connectivity index (χ0) is 93.5. The molecule has 1 aromatic heterocycles. The molecule has 0 unspecified atom stereocenters. The van der Waals surface area contributed by atoms with E-state index in [1.807, 2.05) is 0 Å². The van der Waals surface area contributed by atoms with E-state index in [1.165, 1.54) is 93.1 Å². The molecule has 0 radical (unpaired) electrons. The normalized spacial score (nSPS) is 14.2. The highest BCUT2D eigenvalue weighted by Crippen LogP contribution is 2.22. The Hall–Kier alpha value is -13.6. The maximum atomic E-state index is 14.9. The molecule has 0 saturated heterocycles. The number of carbonyl (C=O) groups is 15. The third-order valence-corrected chi connectivity index (χ3v) is 19.3. The predicted octanol–water partition coefficient (Wildman–Crippen LogP) is -5.87. The number of phenols is 2. The van der Waals surface area contributed by atoms with Crippen LogP contribution < -0.4 is 121 Å². The summed E-state index contributed by atoms with van der Waals surface area (Å²) in [5.41, 5.74) is 57.3. The van der Waals surface area contributed by atoms with Crippen molar-refractivity contribution in [3.05, 3.63) is 107 Å². The predicted molar refractivity (Wildman–Crippen MR) is 461 cm³/mol. The van der Waals surface area contributed by atoms with Crippen molar-refractivity contribution in [1.29, 1.82) is 0 Å². The Morgan fingerprint density at radius 1 is 0.416 bits per heavy atom. The molecule has 0 saturated carbocycles. The average Bonchev–Trinajstić information content (AvgIpc) is 1.28. The van der Waals surface area contributed by atoms with Gasteiger partial charge in [-0.2, -0.15) is 0 Å². The molecule has 0 bridgehead atoms. The Kier molecular flexibility index (Phi) is 43.1. The van der Waals surface area contributed by atoms with Crippen LogP contribution in [0.25, 0.3) is 0 Å². The van der Waals surface area contributed by atoms with E-state index in [1.54, 1.807) is 27.7 Å². The van der Waals surface area contributed by atoms with Crippen molar-refractivity contribution >= 4 is 124 Å². The second-order valence-electron chi connectivity index (χ2n) is 31.0. The van der Waals surface area contributed by atoms with Gasteiger partial charge in [0, 0.05) is 62.9 Å². The highest BCUT2D eigenvalue weighted by Gasteiger charge is 2.40. The number of aliphatic hydroxyl groups excluding tert-OH is 1. The van der Waals surface area contributed by atoms with Gasteiger partial charge in [0.1, 0.15) is 84.0 Å². The monoisotopic (exact) mass is 1770 g/mol. The van der Waals surface area contributed by atoms with Crippen molar-refractivity contribution in [3.8, 4) is 11.5 Å². The van der Waals surface area contributed by atoms with E-state index in [2.05, 4.69) is 88.7 Å². The number of nitrogens with zero attached hydrogens (tertiary/aromatic N) is 4. The Morgan fingerprint density at radius 3 is 1.18 bits per heavy atom. The minimum Gasteiger partial charge on any atom is -0.508 e. The van der Waals surface area contributed by atoms with Gasteiger partial charge in [0.15, 0.2) is 17.9 Å². The lowest BCUT2D eigenvalue weighted by molar-refractivity contribution is -0.138. The Morgan fingerprint density at radius 2 is 0.776 bits per heavy atom. The smallest absolute Gasteiger partial charge is 0.253 e. The van der Waals surface area contributed by atoms with Gasteiger partial charge in [-0.25, -0.2) is 4.98 Å². The molecule has 1 heterocycles. The number of nitrogens with two attached hydrogens (primary N) is 10. The number of aromatic hydroxyl groups is 2. The molecule has 45 nitrogen and oxygen atoms in total. The Balaban J connectivity index is 1.63. The summed E-state index contributed by atoms with van der Waals surface area (Å²) in [7, 11) is 0. The quantitative estimate of drug-likeness (QED) is 0.00847. The van der Waals surface area contributed by atoms with Crippen LogP contribution in [-0.4, -0.2) is 230 Å². The summed E-state index contributed by atoms with van der Waals surface area (Å²) in [6.07, 6.45) is -2.53. The van der Waals surface area contributed by atoms with Crippen LogP contribution in [-0.2, 0) is 86.4 Å². The molecule has 4 aromatic rings. The molecule has 0 spiro atoms. The number of aliphatic imine (C=N–C) groups is 3. The number of benzene rings is 3. The fourth-order valence-electron chi connectivity index (χ4n) is 12.5. The number of anilines is 1. The van der Waals surface area contributed by atoms with Crippen molar-refractivity contribution in [1.82, 2.24) is 73.8 Å². The minimum absolute atomic E-state index is 0.0279. The molecule has 686 valence electrons. The number of nitrogens with one attached hydrogen (secondary N) is 13. The summed E-state index contributed by atoms with van der Waals surface area (Å²) in [5, 5.41) is 61.7. The number of H-pyrrole nitrogens is 1. The van der Waals surface area contributed by atoms with Crippen molar-refractivity contribution in [2.24, 2.45) is 84.3 Å². The molecule has 0 aliphatic heterocycles. The van der Waals surface area contributed by atoms with E-state index in [0.717, 1.165) is 6.92 Å². The van der Waals surface area contributed by atoms with E-state index in [4.69, 9.17) is 68.9 Å². The summed E-state index contributed by atoms with van der Waals surface area (Å²) in [6.45, 7) is 10.7. The molecule has 36 N–H and O–H groups in total. The van der Waals surface area contributed by atoms with Gasteiger partial charge < -0.3 is 141 Å². The first-order chi connectivity index (χ1) is 58.8. The lowest BCUT2D eigenvalue weighted by atomic mass is 9.98. The number of imidazole rings is 1. The molecule has 0 fully saturated rings. The Bertz CT molecular complexity index is 4420. The highest BCUT2D eigenvalue weighted by molar-refractivity contribution is 6.34. The number of rotatable bonds is 54. The first-order valence-corrected chi connectivity index (χ1v) is 40.6. The number of aromatic amines is 1. The number of phenolic OH excluding ortho intramolecular Hbond substituents is 2. The summed E-state index contributed by atoms with van der Waals surface area (Å²) in [5.74, 6) is -18.1. The number of halogens is 1. The van der Waals surface area contributed by atoms with Crippen molar-refractivity contribution in [3.63, 3.8) is 0 Å². The first kappa shape index (κ1) is 104. The molecule has 46 heteroatoms. The SMILES string of the molecule is CC(C)C[C@H](NC(=O)[C@H](Cc1ccc(O)cc1)NC(=O)[C@H](Cc1cnc[nH]1)NC(=O)[C@H](CCCN=C(N)N)NC(=O)c1ccc(N)cc1Cl)C(=O)N[C@@H](CC(N)=O)C(=O)N[C@@H](CC(C)C)C(=O)N[C@H](C(=O)N[C@H](C(=O)N[C@@H](CCCN=C(N)N)C(=O)N[C@@H](CCC(N)=O)C(=O)N[C@@H](CCCN=C(N)N)C(=O)N[C@@H](Cc1ccc(O)cc1)C(N)=O)[C@@H](C)O)C(C)C.